The highest BCUT2D eigenvalue weighted by atomic mass is 19.1. The monoisotopic (exact) mass is 535 g/mol. The summed E-state index contributed by atoms with van der Waals surface area (Å²) in [6.45, 7) is 2.03. The number of benzene rings is 2. The Balaban J connectivity index is 1.41. The highest BCUT2D eigenvalue weighted by Gasteiger charge is 2.35. The second-order valence-electron chi connectivity index (χ2n) is 10.0. The van der Waals surface area contributed by atoms with Crippen molar-refractivity contribution in [1.82, 2.24) is 25.1 Å². The minimum absolute atomic E-state index is 0.146. The van der Waals surface area contributed by atoms with E-state index < -0.39 is 11.9 Å². The lowest BCUT2D eigenvalue weighted by Crippen LogP contribution is -2.54. The second-order valence-corrected chi connectivity index (χ2v) is 10.0. The van der Waals surface area contributed by atoms with E-state index in [9.17, 15) is 19.1 Å². The number of imidazole rings is 1. The smallest absolute Gasteiger partial charge is 0.404 e. The predicted molar refractivity (Wildman–Crippen MR) is 144 cm³/mol. The molecule has 2 aliphatic rings. The Labute approximate surface area is 227 Å². The molecule has 1 saturated heterocycles. The summed E-state index contributed by atoms with van der Waals surface area (Å²) in [5.41, 5.74) is 1.90. The average Bonchev–Trinajstić information content (AvgIpc) is 3.39. The average molecular weight is 536 g/mol. The van der Waals surface area contributed by atoms with Crippen LogP contribution < -0.4 is 15.4 Å². The fourth-order valence-corrected chi connectivity index (χ4v) is 5.71. The third-order valence-corrected chi connectivity index (χ3v) is 7.60. The SMILES string of the molecule is O=C(O)N[C@H]1CCCC[C@@H]1n1cnc(C(=O)N2CCNC[C@H]2CCOc2ccccc2F)c1-c1ccccc1. The largest absolute Gasteiger partial charge is 0.490 e. The number of rotatable bonds is 8. The Morgan fingerprint density at radius 2 is 1.87 bits per heavy atom. The van der Waals surface area contributed by atoms with Crippen LogP contribution in [0.2, 0.25) is 0 Å². The van der Waals surface area contributed by atoms with Crippen molar-refractivity contribution in [1.29, 1.82) is 0 Å². The van der Waals surface area contributed by atoms with Crippen molar-refractivity contribution < 1.29 is 23.8 Å². The van der Waals surface area contributed by atoms with Gasteiger partial charge in [-0.3, -0.25) is 4.79 Å². The van der Waals surface area contributed by atoms with Crippen LogP contribution in [0.25, 0.3) is 11.3 Å². The van der Waals surface area contributed by atoms with Gasteiger partial charge in [0, 0.05) is 37.7 Å². The van der Waals surface area contributed by atoms with Gasteiger partial charge in [0.2, 0.25) is 0 Å². The van der Waals surface area contributed by atoms with Gasteiger partial charge in [-0.05, 0) is 25.0 Å². The topological polar surface area (TPSA) is 109 Å². The van der Waals surface area contributed by atoms with Crippen LogP contribution in [-0.2, 0) is 0 Å². The van der Waals surface area contributed by atoms with Crippen molar-refractivity contribution in [3.8, 4) is 17.0 Å². The molecule has 0 bridgehead atoms. The van der Waals surface area contributed by atoms with Crippen LogP contribution in [0.5, 0.6) is 5.75 Å². The van der Waals surface area contributed by atoms with Crippen LogP contribution >= 0.6 is 0 Å². The molecule has 2 aromatic carbocycles. The molecule has 1 aliphatic carbocycles. The van der Waals surface area contributed by atoms with Gasteiger partial charge in [-0.1, -0.05) is 55.3 Å². The summed E-state index contributed by atoms with van der Waals surface area (Å²) < 4.78 is 21.7. The molecule has 39 heavy (non-hydrogen) atoms. The summed E-state index contributed by atoms with van der Waals surface area (Å²) in [5.74, 6) is -0.395. The maximum atomic E-state index is 14.1. The number of carbonyl (C=O) groups is 2. The highest BCUT2D eigenvalue weighted by molar-refractivity contribution is 5.98. The number of halogens is 1. The van der Waals surface area contributed by atoms with Gasteiger partial charge in [-0.15, -0.1) is 0 Å². The van der Waals surface area contributed by atoms with Gasteiger partial charge in [-0.2, -0.15) is 0 Å². The van der Waals surface area contributed by atoms with Crippen LogP contribution in [0.15, 0.2) is 60.9 Å². The number of ether oxygens (including phenoxy) is 1. The molecule has 5 rings (SSSR count). The van der Waals surface area contributed by atoms with Gasteiger partial charge >= 0.3 is 6.09 Å². The first-order valence-corrected chi connectivity index (χ1v) is 13.5. The third-order valence-electron chi connectivity index (χ3n) is 7.60. The van der Waals surface area contributed by atoms with E-state index in [2.05, 4.69) is 15.6 Å². The van der Waals surface area contributed by atoms with Crippen molar-refractivity contribution in [2.24, 2.45) is 0 Å². The molecule has 1 aromatic heterocycles. The number of piperazine rings is 1. The molecule has 3 atom stereocenters. The second kappa shape index (κ2) is 12.3. The Morgan fingerprint density at radius 1 is 1.10 bits per heavy atom. The predicted octanol–water partition coefficient (Wildman–Crippen LogP) is 4.32. The summed E-state index contributed by atoms with van der Waals surface area (Å²) in [6.07, 6.45) is 4.60. The molecule has 1 aliphatic heterocycles. The van der Waals surface area contributed by atoms with Gasteiger partial charge in [0.05, 0.1) is 30.7 Å². The summed E-state index contributed by atoms with van der Waals surface area (Å²) in [7, 11) is 0. The van der Waals surface area contributed by atoms with Crippen LogP contribution in [0.4, 0.5) is 9.18 Å². The number of carbonyl (C=O) groups excluding carboxylic acids is 1. The molecule has 3 aromatic rings. The van der Waals surface area contributed by atoms with E-state index >= 15 is 0 Å². The van der Waals surface area contributed by atoms with E-state index in [0.717, 1.165) is 31.2 Å². The molecule has 0 spiro atoms. The molecule has 2 fully saturated rings. The minimum atomic E-state index is -1.05. The van der Waals surface area contributed by atoms with E-state index in [1.165, 1.54) is 6.07 Å². The molecule has 2 heterocycles. The maximum Gasteiger partial charge on any atom is 0.404 e. The molecule has 1 saturated carbocycles. The summed E-state index contributed by atoms with van der Waals surface area (Å²) in [5, 5.41) is 15.5. The first-order valence-electron chi connectivity index (χ1n) is 13.5. The quantitative estimate of drug-likeness (QED) is 0.396. The highest BCUT2D eigenvalue weighted by Crippen LogP contribution is 2.35. The third kappa shape index (κ3) is 6.06. The molecule has 2 amide bonds. The summed E-state index contributed by atoms with van der Waals surface area (Å²) >= 11 is 0. The van der Waals surface area contributed by atoms with Gasteiger partial charge in [0.15, 0.2) is 17.3 Å². The zero-order chi connectivity index (χ0) is 27.2. The van der Waals surface area contributed by atoms with E-state index in [4.69, 9.17) is 4.74 Å². The van der Waals surface area contributed by atoms with Crippen molar-refractivity contribution in [3.63, 3.8) is 0 Å². The number of para-hydroxylation sites is 1. The molecule has 0 unspecified atom stereocenters. The lowest BCUT2D eigenvalue weighted by atomic mass is 9.89. The maximum absolute atomic E-state index is 14.1. The Hall–Kier alpha value is -3.92. The summed E-state index contributed by atoms with van der Waals surface area (Å²) in [4.78, 5) is 32.0. The van der Waals surface area contributed by atoms with Gasteiger partial charge in [-0.25, -0.2) is 14.2 Å². The molecule has 206 valence electrons. The van der Waals surface area contributed by atoms with Gasteiger partial charge in [0.25, 0.3) is 5.91 Å². The number of hydrogen-bond acceptors (Lipinski definition) is 5. The molecular formula is C29H34FN5O4. The number of aromatic nitrogens is 2. The first kappa shape index (κ1) is 26.7. The molecule has 3 N–H and O–H groups in total. The lowest BCUT2D eigenvalue weighted by Gasteiger charge is -2.36. The lowest BCUT2D eigenvalue weighted by molar-refractivity contribution is 0.0600. The van der Waals surface area contributed by atoms with Crippen molar-refractivity contribution in [2.45, 2.75) is 50.2 Å². The van der Waals surface area contributed by atoms with E-state index in [1.54, 1.807) is 24.5 Å². The number of amides is 2. The number of carboxylic acid groups (broad SMARTS) is 1. The molecular weight excluding hydrogens is 501 g/mol. The normalized spacial score (nSPS) is 21.4. The van der Waals surface area contributed by atoms with E-state index in [0.29, 0.717) is 37.4 Å². The molecule has 9 nitrogen and oxygen atoms in total. The van der Waals surface area contributed by atoms with Gasteiger partial charge < -0.3 is 29.9 Å². The number of nitrogens with zero attached hydrogens (tertiary/aromatic N) is 3. The fourth-order valence-electron chi connectivity index (χ4n) is 5.71. The van der Waals surface area contributed by atoms with Crippen LogP contribution in [-0.4, -0.2) is 69.9 Å². The van der Waals surface area contributed by atoms with E-state index in [1.807, 2.05) is 39.8 Å². The van der Waals surface area contributed by atoms with Crippen molar-refractivity contribution in [2.75, 3.05) is 26.2 Å². The Bertz CT molecular complexity index is 1280. The van der Waals surface area contributed by atoms with Crippen molar-refractivity contribution in [3.05, 3.63) is 72.4 Å². The van der Waals surface area contributed by atoms with Crippen LogP contribution in [0, 0.1) is 5.82 Å². The number of nitrogens with one attached hydrogen (secondary N) is 2. The standard InChI is InChI=1S/C29H34FN5O4/c30-22-10-4-7-13-25(22)39-17-14-21-18-31-15-16-34(21)28(36)26-27(20-8-2-1-3-9-20)35(19-32-26)24-12-6-5-11-23(24)33-29(37)38/h1-4,7-10,13,19,21,23-24,31,33H,5-6,11-12,14-18H2,(H,37,38)/t21-,23+,24+/m1/s1. The van der Waals surface area contributed by atoms with Crippen molar-refractivity contribution >= 4 is 12.0 Å². The Morgan fingerprint density at radius 3 is 2.67 bits per heavy atom. The van der Waals surface area contributed by atoms with Crippen LogP contribution in [0.3, 0.4) is 0 Å². The fraction of sp³-hybridized carbons (Fsp3) is 0.414. The Kier molecular flexibility index (Phi) is 8.41. The van der Waals surface area contributed by atoms with E-state index in [-0.39, 0.29) is 36.4 Å². The zero-order valence-electron chi connectivity index (χ0n) is 21.8. The van der Waals surface area contributed by atoms with Gasteiger partial charge in [0.1, 0.15) is 0 Å². The number of hydrogen-bond donors (Lipinski definition) is 3. The minimum Gasteiger partial charge on any atom is -0.490 e. The first-order chi connectivity index (χ1) is 19.0. The van der Waals surface area contributed by atoms with Crippen LogP contribution in [0.1, 0.15) is 48.6 Å². The zero-order valence-corrected chi connectivity index (χ0v) is 21.8. The molecule has 10 heteroatoms. The summed E-state index contributed by atoms with van der Waals surface area (Å²) in [6, 6.07) is 15.4. The molecule has 0 radical (unpaired) electrons.